The zero-order chi connectivity index (χ0) is 20.1. The molecule has 0 bridgehead atoms. The normalized spacial score (nSPS) is 15.7. The smallest absolute Gasteiger partial charge is 0.246 e. The van der Waals surface area contributed by atoms with Crippen LogP contribution in [-0.4, -0.2) is 56.8 Å². The molecule has 3 rings (SSSR count). The summed E-state index contributed by atoms with van der Waals surface area (Å²) in [6.07, 6.45) is 3.22. The van der Waals surface area contributed by atoms with Crippen LogP contribution in [0.3, 0.4) is 0 Å². The van der Waals surface area contributed by atoms with Crippen LogP contribution in [-0.2, 0) is 14.8 Å². The zero-order valence-electron chi connectivity index (χ0n) is 15.4. The van der Waals surface area contributed by atoms with Crippen LogP contribution in [0.1, 0.15) is 5.56 Å². The third-order valence-electron chi connectivity index (χ3n) is 4.51. The lowest BCUT2D eigenvalue weighted by molar-refractivity contribution is -0.127. The number of ether oxygens (including phenoxy) is 1. The first kappa shape index (κ1) is 20.4. The van der Waals surface area contributed by atoms with Crippen LogP contribution in [0.15, 0.2) is 59.5 Å². The summed E-state index contributed by atoms with van der Waals surface area (Å²) in [5.41, 5.74) is 0.858. The van der Waals surface area contributed by atoms with E-state index in [1.54, 1.807) is 30.2 Å². The fourth-order valence-electron chi connectivity index (χ4n) is 2.92. The van der Waals surface area contributed by atoms with Crippen molar-refractivity contribution in [3.05, 3.63) is 65.2 Å². The highest BCUT2D eigenvalue weighted by molar-refractivity contribution is 7.89. The van der Waals surface area contributed by atoms with E-state index in [9.17, 15) is 13.2 Å². The van der Waals surface area contributed by atoms with Gasteiger partial charge in [-0.1, -0.05) is 23.7 Å². The van der Waals surface area contributed by atoms with Crippen LogP contribution in [0.5, 0.6) is 5.75 Å². The van der Waals surface area contributed by atoms with Crippen LogP contribution in [0.4, 0.5) is 0 Å². The number of amides is 1. The van der Waals surface area contributed by atoms with Crippen LogP contribution in [0, 0.1) is 0 Å². The standard InChI is InChI=1S/C20H21ClN2O4S/c1-27-18-4-2-3-16(15-18)5-10-20(24)22-11-13-23(14-12-22)28(25,26)19-8-6-17(21)7-9-19/h2-10,15H,11-14H2,1H3/b10-5+. The molecule has 2 aromatic rings. The fourth-order valence-corrected chi connectivity index (χ4v) is 4.47. The van der Waals surface area contributed by atoms with E-state index in [0.29, 0.717) is 18.1 Å². The molecule has 0 aromatic heterocycles. The van der Waals surface area contributed by atoms with Crippen molar-refractivity contribution < 1.29 is 17.9 Å². The van der Waals surface area contributed by atoms with Gasteiger partial charge in [-0.3, -0.25) is 4.79 Å². The van der Waals surface area contributed by atoms with E-state index in [-0.39, 0.29) is 23.9 Å². The molecule has 1 amide bonds. The summed E-state index contributed by atoms with van der Waals surface area (Å²) in [5.74, 6) is 0.571. The van der Waals surface area contributed by atoms with Gasteiger partial charge in [-0.25, -0.2) is 8.42 Å². The number of hydrogen-bond donors (Lipinski definition) is 0. The Kier molecular flexibility index (Phi) is 6.39. The lowest BCUT2D eigenvalue weighted by Crippen LogP contribution is -2.50. The first-order valence-corrected chi connectivity index (χ1v) is 10.6. The number of sulfonamides is 1. The Balaban J connectivity index is 1.60. The molecule has 1 heterocycles. The molecule has 6 nitrogen and oxygen atoms in total. The van der Waals surface area contributed by atoms with Gasteiger partial charge in [-0.2, -0.15) is 4.31 Å². The van der Waals surface area contributed by atoms with Crippen LogP contribution in [0.2, 0.25) is 5.02 Å². The number of piperazine rings is 1. The molecule has 0 atom stereocenters. The molecule has 0 N–H and O–H groups in total. The summed E-state index contributed by atoms with van der Waals surface area (Å²) in [5, 5.41) is 0.484. The molecular formula is C20H21ClN2O4S. The third kappa shape index (κ3) is 4.73. The number of hydrogen-bond acceptors (Lipinski definition) is 4. The number of nitrogens with zero attached hydrogens (tertiary/aromatic N) is 2. The van der Waals surface area contributed by atoms with E-state index in [0.717, 1.165) is 11.3 Å². The molecule has 1 fully saturated rings. The third-order valence-corrected chi connectivity index (χ3v) is 6.68. The number of halogens is 1. The largest absolute Gasteiger partial charge is 0.497 e. The summed E-state index contributed by atoms with van der Waals surface area (Å²) < 4.78 is 32.0. The second kappa shape index (κ2) is 8.77. The zero-order valence-corrected chi connectivity index (χ0v) is 17.0. The number of methoxy groups -OCH3 is 1. The van der Waals surface area contributed by atoms with Gasteiger partial charge in [0.1, 0.15) is 5.75 Å². The monoisotopic (exact) mass is 420 g/mol. The Morgan fingerprint density at radius 3 is 2.39 bits per heavy atom. The molecule has 2 aromatic carbocycles. The summed E-state index contributed by atoms with van der Waals surface area (Å²) >= 11 is 5.83. The molecule has 8 heteroatoms. The first-order chi connectivity index (χ1) is 13.4. The van der Waals surface area contributed by atoms with Crippen LogP contribution in [0.25, 0.3) is 6.08 Å². The van der Waals surface area contributed by atoms with Crippen LogP contribution < -0.4 is 4.74 Å². The lowest BCUT2D eigenvalue weighted by atomic mass is 10.2. The van der Waals surface area contributed by atoms with Gasteiger partial charge in [0, 0.05) is 37.3 Å². The van der Waals surface area contributed by atoms with E-state index < -0.39 is 10.0 Å². The van der Waals surface area contributed by atoms with E-state index in [2.05, 4.69) is 0 Å². The highest BCUT2D eigenvalue weighted by Gasteiger charge is 2.29. The minimum absolute atomic E-state index is 0.147. The average molecular weight is 421 g/mol. The van der Waals surface area contributed by atoms with Gasteiger partial charge in [-0.05, 0) is 48.0 Å². The van der Waals surface area contributed by atoms with Crippen LogP contribution >= 0.6 is 11.6 Å². The number of carbonyl (C=O) groups is 1. The van der Waals surface area contributed by atoms with Crippen molar-refractivity contribution in [1.82, 2.24) is 9.21 Å². The summed E-state index contributed by atoms with van der Waals surface area (Å²) in [4.78, 5) is 14.3. The van der Waals surface area contributed by atoms with E-state index >= 15 is 0 Å². The predicted molar refractivity (Wildman–Crippen MR) is 109 cm³/mol. The Morgan fingerprint density at radius 2 is 1.75 bits per heavy atom. The number of rotatable bonds is 5. The van der Waals surface area contributed by atoms with Gasteiger partial charge in [0.25, 0.3) is 0 Å². The summed E-state index contributed by atoms with van der Waals surface area (Å²) in [6.45, 7) is 1.19. The molecule has 0 saturated carbocycles. The van der Waals surface area contributed by atoms with Crippen molar-refractivity contribution in [3.63, 3.8) is 0 Å². The Labute approximate surface area is 170 Å². The van der Waals surface area contributed by atoms with Gasteiger partial charge in [0.2, 0.25) is 15.9 Å². The highest BCUT2D eigenvalue weighted by atomic mass is 35.5. The Hall–Kier alpha value is -2.35. The Bertz CT molecular complexity index is 966. The van der Waals surface area contributed by atoms with E-state index in [1.807, 2.05) is 24.3 Å². The second-order valence-corrected chi connectivity index (χ2v) is 8.67. The van der Waals surface area contributed by atoms with Crippen molar-refractivity contribution in [3.8, 4) is 5.75 Å². The maximum absolute atomic E-state index is 12.7. The molecule has 0 unspecified atom stereocenters. The Morgan fingerprint density at radius 1 is 1.07 bits per heavy atom. The summed E-state index contributed by atoms with van der Waals surface area (Å²) in [7, 11) is -2.00. The molecule has 1 aliphatic rings. The summed E-state index contributed by atoms with van der Waals surface area (Å²) in [6, 6.07) is 13.5. The molecule has 1 saturated heterocycles. The first-order valence-electron chi connectivity index (χ1n) is 8.77. The molecule has 28 heavy (non-hydrogen) atoms. The minimum atomic E-state index is -3.59. The molecule has 0 spiro atoms. The van der Waals surface area contributed by atoms with Gasteiger partial charge in [-0.15, -0.1) is 0 Å². The van der Waals surface area contributed by atoms with E-state index in [4.69, 9.17) is 16.3 Å². The maximum Gasteiger partial charge on any atom is 0.246 e. The average Bonchev–Trinajstić information content (AvgIpc) is 2.72. The minimum Gasteiger partial charge on any atom is -0.497 e. The van der Waals surface area contributed by atoms with Crippen molar-refractivity contribution in [2.24, 2.45) is 0 Å². The van der Waals surface area contributed by atoms with Gasteiger partial charge in [0.05, 0.1) is 12.0 Å². The van der Waals surface area contributed by atoms with Crippen molar-refractivity contribution >= 4 is 33.6 Å². The van der Waals surface area contributed by atoms with Crippen molar-refractivity contribution in [2.75, 3.05) is 33.3 Å². The SMILES string of the molecule is COc1cccc(/C=C/C(=O)N2CCN(S(=O)(=O)c3ccc(Cl)cc3)CC2)c1. The number of benzene rings is 2. The number of carbonyl (C=O) groups excluding carboxylic acids is 1. The van der Waals surface area contributed by atoms with Gasteiger partial charge >= 0.3 is 0 Å². The van der Waals surface area contributed by atoms with Crippen molar-refractivity contribution in [1.29, 1.82) is 0 Å². The predicted octanol–water partition coefficient (Wildman–Crippen LogP) is 2.89. The van der Waals surface area contributed by atoms with Gasteiger partial charge < -0.3 is 9.64 Å². The topological polar surface area (TPSA) is 66.9 Å². The molecule has 0 aliphatic carbocycles. The van der Waals surface area contributed by atoms with Gasteiger partial charge in [0.15, 0.2) is 0 Å². The maximum atomic E-state index is 12.7. The molecule has 148 valence electrons. The molecule has 1 aliphatic heterocycles. The second-order valence-electron chi connectivity index (χ2n) is 6.29. The molecule has 0 radical (unpaired) electrons. The molecular weight excluding hydrogens is 400 g/mol. The van der Waals surface area contributed by atoms with E-state index in [1.165, 1.54) is 22.5 Å². The highest BCUT2D eigenvalue weighted by Crippen LogP contribution is 2.20. The van der Waals surface area contributed by atoms with Crippen molar-refractivity contribution in [2.45, 2.75) is 4.90 Å². The fraction of sp³-hybridized carbons (Fsp3) is 0.250. The lowest BCUT2D eigenvalue weighted by Gasteiger charge is -2.33. The quantitative estimate of drug-likeness (QED) is 0.697.